The minimum absolute atomic E-state index is 0.0826. The summed E-state index contributed by atoms with van der Waals surface area (Å²) in [6.45, 7) is 4.03. The predicted molar refractivity (Wildman–Crippen MR) is 132 cm³/mol. The third-order valence-electron chi connectivity index (χ3n) is 5.22. The molecule has 4 rings (SSSR count). The van der Waals surface area contributed by atoms with Crippen LogP contribution in [0.4, 0.5) is 5.69 Å². The van der Waals surface area contributed by atoms with Crippen LogP contribution in [-0.2, 0) is 11.2 Å². The van der Waals surface area contributed by atoms with E-state index < -0.39 is 0 Å². The number of thioether (sulfide) groups is 1. The first-order chi connectivity index (χ1) is 16.0. The van der Waals surface area contributed by atoms with Crippen molar-refractivity contribution in [3.8, 4) is 11.4 Å². The van der Waals surface area contributed by atoms with E-state index in [1.165, 1.54) is 17.3 Å². The van der Waals surface area contributed by atoms with E-state index in [0.717, 1.165) is 34.1 Å². The summed E-state index contributed by atoms with van der Waals surface area (Å²) in [5.41, 5.74) is 5.10. The van der Waals surface area contributed by atoms with Gasteiger partial charge in [-0.1, -0.05) is 59.8 Å². The summed E-state index contributed by atoms with van der Waals surface area (Å²) in [6, 6.07) is 23.9. The van der Waals surface area contributed by atoms with E-state index >= 15 is 0 Å². The van der Waals surface area contributed by atoms with Crippen molar-refractivity contribution in [3.63, 3.8) is 0 Å². The van der Waals surface area contributed by atoms with Crippen LogP contribution >= 0.6 is 11.8 Å². The van der Waals surface area contributed by atoms with Crippen molar-refractivity contribution >= 4 is 23.4 Å². The number of aromatic nitrogens is 3. The molecule has 3 aromatic carbocycles. The summed E-state index contributed by atoms with van der Waals surface area (Å²) in [5, 5.41) is 12.5. The monoisotopic (exact) mass is 458 g/mol. The van der Waals surface area contributed by atoms with Crippen LogP contribution in [0, 0.1) is 13.8 Å². The van der Waals surface area contributed by atoms with E-state index in [4.69, 9.17) is 4.74 Å². The second-order valence-electron chi connectivity index (χ2n) is 7.75. The second-order valence-corrected chi connectivity index (χ2v) is 8.69. The van der Waals surface area contributed by atoms with Crippen molar-refractivity contribution in [3.05, 3.63) is 95.3 Å². The molecule has 4 aromatic rings. The van der Waals surface area contributed by atoms with Gasteiger partial charge in [-0.05, 0) is 55.3 Å². The molecule has 0 unspecified atom stereocenters. The Kier molecular flexibility index (Phi) is 7.10. The van der Waals surface area contributed by atoms with Gasteiger partial charge in [0.1, 0.15) is 11.6 Å². The molecule has 0 radical (unpaired) electrons. The number of hydrogen-bond acceptors (Lipinski definition) is 5. The number of methoxy groups -OCH3 is 1. The van der Waals surface area contributed by atoms with Crippen molar-refractivity contribution in [2.45, 2.75) is 25.4 Å². The number of hydrogen-bond donors (Lipinski definition) is 1. The minimum atomic E-state index is -0.0826. The predicted octanol–water partition coefficient (Wildman–Crippen LogP) is 5.21. The average molecular weight is 459 g/mol. The van der Waals surface area contributed by atoms with Gasteiger partial charge in [-0.3, -0.25) is 9.36 Å². The standard InChI is InChI=1S/C26H26N4O2S/c1-18-9-14-23(19(2)15-18)27-25(31)17-33-26-29-28-24(16-20-7-5-4-6-8-20)30(26)21-10-12-22(32-3)13-11-21/h4-15H,16-17H2,1-3H3,(H,27,31). The fraction of sp³-hybridized carbons (Fsp3) is 0.192. The lowest BCUT2D eigenvalue weighted by molar-refractivity contribution is -0.113. The van der Waals surface area contributed by atoms with Gasteiger partial charge in [0, 0.05) is 17.8 Å². The Bertz CT molecular complexity index is 1240. The lowest BCUT2D eigenvalue weighted by Gasteiger charge is -2.12. The van der Waals surface area contributed by atoms with E-state index in [9.17, 15) is 4.79 Å². The zero-order chi connectivity index (χ0) is 23.2. The topological polar surface area (TPSA) is 69.0 Å². The molecule has 6 nitrogen and oxygen atoms in total. The van der Waals surface area contributed by atoms with E-state index in [1.54, 1.807) is 7.11 Å². The van der Waals surface area contributed by atoms with Gasteiger partial charge < -0.3 is 10.1 Å². The third-order valence-corrected chi connectivity index (χ3v) is 6.15. The Labute approximate surface area is 198 Å². The van der Waals surface area contributed by atoms with Crippen molar-refractivity contribution in [2.75, 3.05) is 18.2 Å². The highest BCUT2D eigenvalue weighted by atomic mass is 32.2. The largest absolute Gasteiger partial charge is 0.497 e. The van der Waals surface area contributed by atoms with E-state index in [0.29, 0.717) is 11.6 Å². The molecule has 0 fully saturated rings. The zero-order valence-electron chi connectivity index (χ0n) is 18.9. The first-order valence-electron chi connectivity index (χ1n) is 10.7. The minimum Gasteiger partial charge on any atom is -0.497 e. The maximum Gasteiger partial charge on any atom is 0.234 e. The first-order valence-corrected chi connectivity index (χ1v) is 11.6. The number of nitrogens with one attached hydrogen (secondary N) is 1. The average Bonchev–Trinajstić information content (AvgIpc) is 3.22. The Hall–Kier alpha value is -3.58. The molecule has 7 heteroatoms. The van der Waals surface area contributed by atoms with Gasteiger partial charge in [0.2, 0.25) is 5.91 Å². The number of nitrogens with zero attached hydrogens (tertiary/aromatic N) is 3. The molecule has 1 aromatic heterocycles. The molecule has 0 bridgehead atoms. The summed E-state index contributed by atoms with van der Waals surface area (Å²) < 4.78 is 7.30. The molecular weight excluding hydrogens is 432 g/mol. The van der Waals surface area contributed by atoms with Crippen molar-refractivity contribution in [2.24, 2.45) is 0 Å². The fourth-order valence-electron chi connectivity index (χ4n) is 3.55. The van der Waals surface area contributed by atoms with Gasteiger partial charge in [0.15, 0.2) is 5.16 Å². The van der Waals surface area contributed by atoms with Crippen molar-refractivity contribution < 1.29 is 9.53 Å². The lowest BCUT2D eigenvalue weighted by Crippen LogP contribution is -2.15. The van der Waals surface area contributed by atoms with Crippen LogP contribution in [0.1, 0.15) is 22.5 Å². The number of aryl methyl sites for hydroxylation is 2. The van der Waals surface area contributed by atoms with Crippen molar-refractivity contribution in [1.29, 1.82) is 0 Å². The molecule has 0 aliphatic carbocycles. The van der Waals surface area contributed by atoms with Crippen LogP contribution in [-0.4, -0.2) is 33.5 Å². The smallest absolute Gasteiger partial charge is 0.234 e. The summed E-state index contributed by atoms with van der Waals surface area (Å²) in [6.07, 6.45) is 0.634. The molecule has 0 atom stereocenters. The highest BCUT2D eigenvalue weighted by molar-refractivity contribution is 7.99. The van der Waals surface area contributed by atoms with Crippen LogP contribution in [0.25, 0.3) is 5.69 Å². The number of benzene rings is 3. The van der Waals surface area contributed by atoms with Crippen molar-refractivity contribution in [1.82, 2.24) is 14.8 Å². The SMILES string of the molecule is COc1ccc(-n2c(Cc3ccccc3)nnc2SCC(=O)Nc2ccc(C)cc2C)cc1. The van der Waals surface area contributed by atoms with Gasteiger partial charge in [-0.15, -0.1) is 10.2 Å². The van der Waals surface area contributed by atoms with Gasteiger partial charge in [0.05, 0.1) is 12.9 Å². The summed E-state index contributed by atoms with van der Waals surface area (Å²) in [4.78, 5) is 12.6. The molecule has 0 aliphatic rings. The summed E-state index contributed by atoms with van der Waals surface area (Å²) in [5.74, 6) is 1.73. The molecule has 0 saturated carbocycles. The molecular formula is C26H26N4O2S. The second kappa shape index (κ2) is 10.4. The Morgan fingerprint density at radius 3 is 2.45 bits per heavy atom. The van der Waals surface area contributed by atoms with Gasteiger partial charge >= 0.3 is 0 Å². The number of carbonyl (C=O) groups is 1. The molecule has 0 saturated heterocycles. The van der Waals surface area contributed by atoms with Gasteiger partial charge in [-0.25, -0.2) is 0 Å². The maximum absolute atomic E-state index is 12.6. The lowest BCUT2D eigenvalue weighted by atomic mass is 10.1. The molecule has 1 N–H and O–H groups in total. The summed E-state index contributed by atoms with van der Waals surface area (Å²) >= 11 is 1.37. The normalized spacial score (nSPS) is 10.8. The first kappa shape index (κ1) is 22.6. The van der Waals surface area contributed by atoms with Crippen LogP contribution in [0.5, 0.6) is 5.75 Å². The maximum atomic E-state index is 12.6. The van der Waals surface area contributed by atoms with Crippen LogP contribution < -0.4 is 10.1 Å². The van der Waals surface area contributed by atoms with Crippen LogP contribution in [0.3, 0.4) is 0 Å². The summed E-state index contributed by atoms with van der Waals surface area (Å²) in [7, 11) is 1.64. The molecule has 168 valence electrons. The number of anilines is 1. The molecule has 1 heterocycles. The number of carbonyl (C=O) groups excluding carboxylic acids is 1. The van der Waals surface area contributed by atoms with E-state index in [1.807, 2.05) is 73.0 Å². The number of amides is 1. The fourth-order valence-corrected chi connectivity index (χ4v) is 4.32. The Balaban J connectivity index is 1.55. The van der Waals surface area contributed by atoms with Gasteiger partial charge in [0.25, 0.3) is 0 Å². The molecule has 0 spiro atoms. The molecule has 0 aliphatic heterocycles. The van der Waals surface area contributed by atoms with E-state index in [2.05, 4.69) is 33.7 Å². The van der Waals surface area contributed by atoms with Crippen LogP contribution in [0.15, 0.2) is 78.0 Å². The quantitative estimate of drug-likeness (QED) is 0.367. The zero-order valence-corrected chi connectivity index (χ0v) is 19.7. The number of ether oxygens (including phenoxy) is 1. The molecule has 33 heavy (non-hydrogen) atoms. The van der Waals surface area contributed by atoms with Crippen LogP contribution in [0.2, 0.25) is 0 Å². The highest BCUT2D eigenvalue weighted by Crippen LogP contribution is 2.25. The number of rotatable bonds is 8. The van der Waals surface area contributed by atoms with E-state index in [-0.39, 0.29) is 11.7 Å². The van der Waals surface area contributed by atoms with Gasteiger partial charge in [-0.2, -0.15) is 0 Å². The third kappa shape index (κ3) is 5.62. The highest BCUT2D eigenvalue weighted by Gasteiger charge is 2.17. The Morgan fingerprint density at radius 2 is 1.76 bits per heavy atom. The molecule has 1 amide bonds. The Morgan fingerprint density at radius 1 is 1.00 bits per heavy atom.